The van der Waals surface area contributed by atoms with Gasteiger partial charge < -0.3 is 0 Å². The van der Waals surface area contributed by atoms with Crippen molar-refractivity contribution in [3.05, 3.63) is 51.8 Å². The van der Waals surface area contributed by atoms with Gasteiger partial charge in [-0.1, -0.05) is 50.9 Å². The van der Waals surface area contributed by atoms with Crippen LogP contribution in [-0.4, -0.2) is 21.8 Å². The molecule has 6 heteroatoms. The molecular formula is C21H27ClN4O. The fourth-order valence-corrected chi connectivity index (χ4v) is 3.71. The highest BCUT2D eigenvalue weighted by molar-refractivity contribution is 6.30. The van der Waals surface area contributed by atoms with Gasteiger partial charge in [-0.05, 0) is 55.2 Å². The molecule has 1 aliphatic rings. The SMILES string of the molecule is CCC(C)(C)[C@H]1CCc2[nH]nc(C(=O)N/N=C(/C)c3ccc(Cl)cc3)c2C1. The molecule has 3 rings (SSSR count). The average molecular weight is 387 g/mol. The maximum atomic E-state index is 12.7. The largest absolute Gasteiger partial charge is 0.292 e. The van der Waals surface area contributed by atoms with E-state index in [1.807, 2.05) is 19.1 Å². The molecule has 0 aliphatic heterocycles. The number of hydrogen-bond acceptors (Lipinski definition) is 3. The van der Waals surface area contributed by atoms with E-state index in [0.717, 1.165) is 48.2 Å². The fraction of sp³-hybridized carbons (Fsp3) is 0.476. The van der Waals surface area contributed by atoms with Gasteiger partial charge in [-0.25, -0.2) is 5.43 Å². The van der Waals surface area contributed by atoms with Crippen LogP contribution in [0.4, 0.5) is 0 Å². The van der Waals surface area contributed by atoms with Gasteiger partial charge in [0, 0.05) is 16.3 Å². The van der Waals surface area contributed by atoms with E-state index in [1.54, 1.807) is 12.1 Å². The van der Waals surface area contributed by atoms with Gasteiger partial charge in [-0.2, -0.15) is 10.2 Å². The van der Waals surface area contributed by atoms with Gasteiger partial charge in [-0.3, -0.25) is 9.89 Å². The number of fused-ring (bicyclic) bond motifs is 1. The lowest BCUT2D eigenvalue weighted by atomic mass is 9.69. The minimum Gasteiger partial charge on any atom is -0.281 e. The first-order valence-electron chi connectivity index (χ1n) is 9.48. The highest BCUT2D eigenvalue weighted by Crippen LogP contribution is 2.40. The molecule has 144 valence electrons. The first kappa shape index (κ1) is 19.6. The van der Waals surface area contributed by atoms with E-state index in [-0.39, 0.29) is 11.3 Å². The van der Waals surface area contributed by atoms with Crippen molar-refractivity contribution in [2.24, 2.45) is 16.4 Å². The Morgan fingerprint density at radius 3 is 2.74 bits per heavy atom. The molecule has 0 spiro atoms. The third-order valence-electron chi connectivity index (χ3n) is 5.96. The molecule has 1 heterocycles. The van der Waals surface area contributed by atoms with E-state index in [2.05, 4.69) is 41.5 Å². The molecule has 2 N–H and O–H groups in total. The van der Waals surface area contributed by atoms with Crippen LogP contribution in [0.1, 0.15) is 67.8 Å². The molecule has 0 saturated heterocycles. The monoisotopic (exact) mass is 386 g/mol. The Hall–Kier alpha value is -2.14. The number of amides is 1. The predicted molar refractivity (Wildman–Crippen MR) is 109 cm³/mol. The number of rotatable bonds is 5. The molecule has 2 aromatic rings. The summed E-state index contributed by atoms with van der Waals surface area (Å²) in [6.07, 6.45) is 4.08. The summed E-state index contributed by atoms with van der Waals surface area (Å²) in [5, 5.41) is 12.2. The maximum Gasteiger partial charge on any atom is 0.292 e. The van der Waals surface area contributed by atoms with E-state index < -0.39 is 0 Å². The maximum absolute atomic E-state index is 12.7. The quantitative estimate of drug-likeness (QED) is 0.574. The molecule has 1 aromatic heterocycles. The number of hydrogen-bond donors (Lipinski definition) is 2. The van der Waals surface area contributed by atoms with Crippen LogP contribution >= 0.6 is 11.6 Å². The van der Waals surface area contributed by atoms with E-state index in [4.69, 9.17) is 11.6 Å². The molecule has 0 fully saturated rings. The molecule has 1 aromatic carbocycles. The van der Waals surface area contributed by atoms with Crippen molar-refractivity contribution >= 4 is 23.2 Å². The molecular weight excluding hydrogens is 360 g/mol. The van der Waals surface area contributed by atoms with E-state index in [0.29, 0.717) is 16.6 Å². The van der Waals surface area contributed by atoms with Gasteiger partial charge in [0.05, 0.1) is 5.71 Å². The number of hydrazone groups is 1. The highest BCUT2D eigenvalue weighted by Gasteiger charge is 2.34. The summed E-state index contributed by atoms with van der Waals surface area (Å²) in [7, 11) is 0. The average Bonchev–Trinajstić information content (AvgIpc) is 3.09. The second-order valence-corrected chi connectivity index (χ2v) is 8.39. The first-order chi connectivity index (χ1) is 12.8. The number of benzene rings is 1. The minimum atomic E-state index is -0.268. The van der Waals surface area contributed by atoms with Crippen LogP contribution in [0.5, 0.6) is 0 Å². The normalized spacial score (nSPS) is 17.5. The predicted octanol–water partition coefficient (Wildman–Crippen LogP) is 4.76. The van der Waals surface area contributed by atoms with E-state index in [1.165, 1.54) is 0 Å². The van der Waals surface area contributed by atoms with Gasteiger partial charge in [-0.15, -0.1) is 0 Å². The zero-order valence-corrected chi connectivity index (χ0v) is 17.2. The summed E-state index contributed by atoms with van der Waals surface area (Å²) in [5.41, 5.74) is 7.13. The zero-order valence-electron chi connectivity index (χ0n) is 16.4. The first-order valence-corrected chi connectivity index (χ1v) is 9.86. The van der Waals surface area contributed by atoms with Crippen LogP contribution in [0, 0.1) is 11.3 Å². The summed E-state index contributed by atoms with van der Waals surface area (Å²) in [5.74, 6) is 0.286. The molecule has 0 unspecified atom stereocenters. The Balaban J connectivity index is 1.74. The molecule has 1 aliphatic carbocycles. The Bertz CT molecular complexity index is 852. The molecule has 1 atom stereocenters. The molecule has 1 amide bonds. The van der Waals surface area contributed by atoms with Crippen LogP contribution in [0.2, 0.25) is 5.02 Å². The number of halogens is 1. The number of carbonyl (C=O) groups excluding carboxylic acids is 1. The van der Waals surface area contributed by atoms with Crippen molar-refractivity contribution in [2.75, 3.05) is 0 Å². The molecule has 5 nitrogen and oxygen atoms in total. The number of H-pyrrole nitrogens is 1. The lowest BCUT2D eigenvalue weighted by molar-refractivity contribution is 0.0947. The molecule has 27 heavy (non-hydrogen) atoms. The standard InChI is InChI=1S/C21H27ClN4O/c1-5-21(3,4)15-8-11-18-17(12-15)19(25-24-18)20(27)26-23-13(2)14-6-9-16(22)10-7-14/h6-7,9-10,15H,5,8,11-12H2,1-4H3,(H,24,25)(H,26,27)/b23-13-/t15-/m0/s1. The topological polar surface area (TPSA) is 70.1 Å². The number of aryl methyl sites for hydroxylation is 1. The van der Waals surface area contributed by atoms with Gasteiger partial charge >= 0.3 is 0 Å². The van der Waals surface area contributed by atoms with Crippen LogP contribution in [-0.2, 0) is 12.8 Å². The van der Waals surface area contributed by atoms with Gasteiger partial charge in [0.15, 0.2) is 5.69 Å². The number of aromatic amines is 1. The zero-order chi connectivity index (χ0) is 19.6. The molecule has 0 radical (unpaired) electrons. The third-order valence-corrected chi connectivity index (χ3v) is 6.22. The van der Waals surface area contributed by atoms with Crippen LogP contribution in [0.25, 0.3) is 0 Å². The minimum absolute atomic E-state index is 0.256. The van der Waals surface area contributed by atoms with Gasteiger partial charge in [0.1, 0.15) is 0 Å². The highest BCUT2D eigenvalue weighted by atomic mass is 35.5. The smallest absolute Gasteiger partial charge is 0.281 e. The second-order valence-electron chi connectivity index (χ2n) is 7.96. The van der Waals surface area contributed by atoms with Crippen molar-refractivity contribution < 1.29 is 4.79 Å². The number of aromatic nitrogens is 2. The molecule has 0 saturated carbocycles. The summed E-state index contributed by atoms with van der Waals surface area (Å²) in [6, 6.07) is 7.36. The fourth-order valence-electron chi connectivity index (χ4n) is 3.58. The second kappa shape index (κ2) is 7.85. The Morgan fingerprint density at radius 2 is 2.07 bits per heavy atom. The van der Waals surface area contributed by atoms with Crippen molar-refractivity contribution in [3.8, 4) is 0 Å². The van der Waals surface area contributed by atoms with Crippen molar-refractivity contribution in [1.82, 2.24) is 15.6 Å². The summed E-state index contributed by atoms with van der Waals surface area (Å²) < 4.78 is 0. The van der Waals surface area contributed by atoms with Crippen molar-refractivity contribution in [2.45, 2.75) is 53.4 Å². The van der Waals surface area contributed by atoms with Gasteiger partial charge in [0.25, 0.3) is 5.91 Å². The Kier molecular flexibility index (Phi) is 5.70. The van der Waals surface area contributed by atoms with Gasteiger partial charge in [0.2, 0.25) is 0 Å². The van der Waals surface area contributed by atoms with Crippen molar-refractivity contribution in [3.63, 3.8) is 0 Å². The van der Waals surface area contributed by atoms with Crippen LogP contribution < -0.4 is 5.43 Å². The number of nitrogens with zero attached hydrogens (tertiary/aromatic N) is 2. The van der Waals surface area contributed by atoms with Crippen molar-refractivity contribution in [1.29, 1.82) is 0 Å². The lowest BCUT2D eigenvalue weighted by Gasteiger charge is -2.36. The number of nitrogens with one attached hydrogen (secondary N) is 2. The van der Waals surface area contributed by atoms with E-state index >= 15 is 0 Å². The lowest BCUT2D eigenvalue weighted by Crippen LogP contribution is -2.30. The molecule has 0 bridgehead atoms. The van der Waals surface area contributed by atoms with E-state index in [9.17, 15) is 4.79 Å². The van der Waals surface area contributed by atoms with Crippen LogP contribution in [0.15, 0.2) is 29.4 Å². The summed E-state index contributed by atoms with van der Waals surface area (Å²) in [6.45, 7) is 8.70. The summed E-state index contributed by atoms with van der Waals surface area (Å²) >= 11 is 5.91. The summed E-state index contributed by atoms with van der Waals surface area (Å²) in [4.78, 5) is 12.7. The Morgan fingerprint density at radius 1 is 1.37 bits per heavy atom. The Labute approximate surface area is 165 Å². The number of carbonyl (C=O) groups is 1. The third kappa shape index (κ3) is 4.24. The van der Waals surface area contributed by atoms with Crippen LogP contribution in [0.3, 0.4) is 0 Å².